The minimum absolute atomic E-state index is 0.276. The molecule has 0 atom stereocenters. The summed E-state index contributed by atoms with van der Waals surface area (Å²) in [6.07, 6.45) is 4.14. The van der Waals surface area contributed by atoms with Gasteiger partial charge in [0, 0.05) is 12.5 Å². The largest absolute Gasteiger partial charge is 0.383 e. The molecule has 1 aromatic rings. The number of unbranched alkanes of at least 4 members (excludes halogenated alkanes) is 2. The third-order valence-electron chi connectivity index (χ3n) is 2.45. The van der Waals surface area contributed by atoms with E-state index < -0.39 is 7.60 Å². The molecule has 0 aliphatic rings. The second-order valence-electron chi connectivity index (χ2n) is 3.94. The lowest BCUT2D eigenvalue weighted by Crippen LogP contribution is -2.11. The Labute approximate surface area is 108 Å². The fourth-order valence-electron chi connectivity index (χ4n) is 1.61. The fraction of sp³-hybridized carbons (Fsp3) is 0.750. The smallest absolute Gasteiger partial charge is 0.360 e. The SMILES string of the molecule is CCCCCc1cc(P(=O)(OCC)OCC)no1. The number of hydrogen-bond donors (Lipinski definition) is 0. The van der Waals surface area contributed by atoms with Crippen LogP contribution in [0, 0.1) is 0 Å². The molecule has 0 fully saturated rings. The van der Waals surface area contributed by atoms with Gasteiger partial charge in [0.15, 0.2) is 5.44 Å². The predicted molar refractivity (Wildman–Crippen MR) is 70.2 cm³/mol. The highest BCUT2D eigenvalue weighted by Crippen LogP contribution is 2.46. The molecule has 0 bridgehead atoms. The zero-order valence-corrected chi connectivity index (χ0v) is 12.2. The van der Waals surface area contributed by atoms with E-state index in [1.807, 2.05) is 0 Å². The van der Waals surface area contributed by atoms with Crippen molar-refractivity contribution in [1.82, 2.24) is 5.16 Å². The Balaban J connectivity index is 2.71. The van der Waals surface area contributed by atoms with Gasteiger partial charge in [0.05, 0.1) is 13.2 Å². The molecule has 104 valence electrons. The molecular formula is C12H22NO4P. The lowest BCUT2D eigenvalue weighted by molar-refractivity contribution is 0.228. The first-order valence-electron chi connectivity index (χ1n) is 6.51. The van der Waals surface area contributed by atoms with E-state index >= 15 is 0 Å². The fourth-order valence-corrected chi connectivity index (χ4v) is 3.07. The highest BCUT2D eigenvalue weighted by Gasteiger charge is 2.30. The topological polar surface area (TPSA) is 61.6 Å². The maximum Gasteiger partial charge on any atom is 0.383 e. The summed E-state index contributed by atoms with van der Waals surface area (Å²) in [7, 11) is -3.29. The quantitative estimate of drug-likeness (QED) is 0.511. The van der Waals surface area contributed by atoms with Gasteiger partial charge in [-0.1, -0.05) is 24.9 Å². The summed E-state index contributed by atoms with van der Waals surface area (Å²) in [4.78, 5) is 0. The van der Waals surface area contributed by atoms with Gasteiger partial charge in [0.1, 0.15) is 5.76 Å². The van der Waals surface area contributed by atoms with E-state index in [1.165, 1.54) is 0 Å². The van der Waals surface area contributed by atoms with Gasteiger partial charge in [-0.25, -0.2) is 0 Å². The van der Waals surface area contributed by atoms with Crippen molar-refractivity contribution in [2.75, 3.05) is 13.2 Å². The zero-order valence-electron chi connectivity index (χ0n) is 11.3. The third-order valence-corrected chi connectivity index (χ3v) is 4.42. The molecule has 0 unspecified atom stereocenters. The molecule has 0 aliphatic heterocycles. The Hall–Kier alpha value is -0.640. The summed E-state index contributed by atoms with van der Waals surface area (Å²) in [5.74, 6) is 0.734. The monoisotopic (exact) mass is 275 g/mol. The number of hydrogen-bond acceptors (Lipinski definition) is 5. The zero-order chi connectivity index (χ0) is 13.4. The molecule has 0 amide bonds. The Kier molecular flexibility index (Phi) is 6.61. The van der Waals surface area contributed by atoms with Crippen molar-refractivity contribution in [3.63, 3.8) is 0 Å². The van der Waals surface area contributed by atoms with Crippen LogP contribution >= 0.6 is 7.60 Å². The normalized spacial score (nSPS) is 11.9. The molecule has 0 saturated carbocycles. The minimum atomic E-state index is -3.29. The van der Waals surface area contributed by atoms with E-state index in [2.05, 4.69) is 12.1 Å². The van der Waals surface area contributed by atoms with E-state index in [-0.39, 0.29) is 5.44 Å². The molecule has 5 nitrogen and oxygen atoms in total. The standard InChI is InChI=1S/C12H22NO4P/c1-4-7-8-9-11-10-12(13-17-11)18(14,15-5-2)16-6-3/h10H,4-9H2,1-3H3. The van der Waals surface area contributed by atoms with Crippen molar-refractivity contribution in [2.24, 2.45) is 0 Å². The van der Waals surface area contributed by atoms with Crippen molar-refractivity contribution < 1.29 is 18.1 Å². The minimum Gasteiger partial charge on any atom is -0.360 e. The number of aromatic nitrogens is 1. The predicted octanol–water partition coefficient (Wildman–Crippen LogP) is 3.30. The van der Waals surface area contributed by atoms with Crippen LogP contribution in [0.15, 0.2) is 10.6 Å². The Morgan fingerprint density at radius 2 is 1.89 bits per heavy atom. The summed E-state index contributed by atoms with van der Waals surface area (Å²) >= 11 is 0. The summed E-state index contributed by atoms with van der Waals surface area (Å²) in [6, 6.07) is 1.68. The van der Waals surface area contributed by atoms with E-state index in [0.717, 1.165) is 31.4 Å². The molecule has 1 aromatic heterocycles. The highest BCUT2D eigenvalue weighted by atomic mass is 31.2. The van der Waals surface area contributed by atoms with Crippen LogP contribution in [0.3, 0.4) is 0 Å². The molecule has 0 saturated heterocycles. The van der Waals surface area contributed by atoms with Gasteiger partial charge in [0.2, 0.25) is 0 Å². The van der Waals surface area contributed by atoms with E-state index in [0.29, 0.717) is 13.2 Å². The average Bonchev–Trinajstić information content (AvgIpc) is 2.79. The maximum absolute atomic E-state index is 12.4. The molecule has 1 rings (SSSR count). The van der Waals surface area contributed by atoms with Crippen LogP contribution in [-0.2, 0) is 20.0 Å². The van der Waals surface area contributed by atoms with Crippen molar-refractivity contribution in [2.45, 2.75) is 46.5 Å². The number of nitrogens with zero attached hydrogens (tertiary/aromatic N) is 1. The summed E-state index contributed by atoms with van der Waals surface area (Å²) in [6.45, 7) is 6.32. The molecular weight excluding hydrogens is 253 g/mol. The first kappa shape index (κ1) is 15.4. The van der Waals surface area contributed by atoms with E-state index in [9.17, 15) is 4.57 Å². The number of rotatable bonds is 9. The first-order chi connectivity index (χ1) is 8.66. The Bertz CT molecular complexity index is 381. The summed E-state index contributed by atoms with van der Waals surface area (Å²) in [5, 5.41) is 3.82. The Morgan fingerprint density at radius 3 is 2.44 bits per heavy atom. The van der Waals surface area contributed by atoms with Gasteiger partial charge in [-0.3, -0.25) is 4.57 Å². The van der Waals surface area contributed by atoms with Gasteiger partial charge in [-0.15, -0.1) is 0 Å². The second kappa shape index (κ2) is 7.72. The van der Waals surface area contributed by atoms with E-state index in [1.54, 1.807) is 19.9 Å². The van der Waals surface area contributed by atoms with Gasteiger partial charge in [0.25, 0.3) is 0 Å². The van der Waals surface area contributed by atoms with Crippen molar-refractivity contribution in [3.8, 4) is 0 Å². The second-order valence-corrected chi connectivity index (χ2v) is 5.91. The van der Waals surface area contributed by atoms with Gasteiger partial charge in [-0.2, -0.15) is 0 Å². The lowest BCUT2D eigenvalue weighted by atomic mass is 10.2. The van der Waals surface area contributed by atoms with Crippen molar-refractivity contribution in [1.29, 1.82) is 0 Å². The maximum atomic E-state index is 12.4. The van der Waals surface area contributed by atoms with Gasteiger partial charge < -0.3 is 13.6 Å². The molecule has 6 heteroatoms. The average molecular weight is 275 g/mol. The van der Waals surface area contributed by atoms with Crippen molar-refractivity contribution >= 4 is 13.0 Å². The van der Waals surface area contributed by atoms with Gasteiger partial charge in [-0.05, 0) is 20.3 Å². The van der Waals surface area contributed by atoms with Crippen molar-refractivity contribution in [3.05, 3.63) is 11.8 Å². The third kappa shape index (κ3) is 4.23. The van der Waals surface area contributed by atoms with Crippen LogP contribution < -0.4 is 5.44 Å². The number of aryl methyl sites for hydroxylation is 1. The van der Waals surface area contributed by atoms with Gasteiger partial charge >= 0.3 is 7.60 Å². The van der Waals surface area contributed by atoms with Crippen LogP contribution in [0.5, 0.6) is 0 Å². The Morgan fingerprint density at radius 1 is 1.22 bits per heavy atom. The summed E-state index contributed by atoms with van der Waals surface area (Å²) < 4.78 is 28.0. The van der Waals surface area contributed by atoms with Crippen LogP contribution in [0.25, 0.3) is 0 Å². The molecule has 0 radical (unpaired) electrons. The molecule has 1 heterocycles. The van der Waals surface area contributed by atoms with Crippen LogP contribution in [-0.4, -0.2) is 18.4 Å². The molecule has 0 aromatic carbocycles. The molecule has 0 aliphatic carbocycles. The summed E-state index contributed by atoms with van der Waals surface area (Å²) in [5.41, 5.74) is 0.276. The first-order valence-corrected chi connectivity index (χ1v) is 8.05. The van der Waals surface area contributed by atoms with Crippen LogP contribution in [0.4, 0.5) is 0 Å². The molecule has 0 spiro atoms. The van der Waals surface area contributed by atoms with Crippen LogP contribution in [0.1, 0.15) is 45.8 Å². The van der Waals surface area contributed by atoms with Crippen LogP contribution in [0.2, 0.25) is 0 Å². The molecule has 0 N–H and O–H groups in total. The highest BCUT2D eigenvalue weighted by molar-refractivity contribution is 7.61. The van der Waals surface area contributed by atoms with E-state index in [4.69, 9.17) is 13.6 Å². The lowest BCUT2D eigenvalue weighted by Gasteiger charge is -2.13. The molecule has 18 heavy (non-hydrogen) atoms.